The number of carboxylic acids is 1. The molecule has 1 aromatic heterocycles. The molecule has 0 fully saturated rings. The lowest BCUT2D eigenvalue weighted by Gasteiger charge is -2.05. The third kappa shape index (κ3) is 4.03. The van der Waals surface area contributed by atoms with Gasteiger partial charge in [0.1, 0.15) is 18.1 Å². The Morgan fingerprint density at radius 3 is 2.55 bits per heavy atom. The van der Waals surface area contributed by atoms with E-state index >= 15 is 0 Å². The van der Waals surface area contributed by atoms with E-state index in [9.17, 15) is 4.79 Å². The highest BCUT2D eigenvalue weighted by atomic mass is 16.5. The van der Waals surface area contributed by atoms with Crippen molar-refractivity contribution in [3.05, 3.63) is 47.7 Å². The monoisotopic (exact) mass is 277 g/mol. The van der Waals surface area contributed by atoms with E-state index in [1.807, 2.05) is 17.6 Å². The fourth-order valence-corrected chi connectivity index (χ4v) is 1.67. The van der Waals surface area contributed by atoms with Crippen LogP contribution in [0.15, 0.2) is 40.8 Å². The minimum atomic E-state index is -0.809. The Labute approximate surface area is 115 Å². The van der Waals surface area contributed by atoms with Gasteiger partial charge in [-0.1, -0.05) is 12.1 Å². The summed E-state index contributed by atoms with van der Waals surface area (Å²) < 4.78 is 10.7. The van der Waals surface area contributed by atoms with Crippen molar-refractivity contribution in [3.63, 3.8) is 0 Å². The van der Waals surface area contributed by atoms with Gasteiger partial charge < -0.3 is 14.3 Å². The van der Waals surface area contributed by atoms with Crippen molar-refractivity contribution >= 4 is 11.9 Å². The third-order valence-corrected chi connectivity index (χ3v) is 2.70. The minimum absolute atomic E-state index is 0.115. The SMILES string of the molecule is O=C(O)CCc1ccc(OCc2ccc(NO)o2)cc1. The van der Waals surface area contributed by atoms with Crippen LogP contribution < -0.4 is 10.2 Å². The Kier molecular flexibility index (Phi) is 4.62. The molecule has 6 nitrogen and oxygen atoms in total. The van der Waals surface area contributed by atoms with Crippen molar-refractivity contribution in [3.8, 4) is 5.75 Å². The first-order chi connectivity index (χ1) is 9.67. The first kappa shape index (κ1) is 14.0. The molecule has 0 unspecified atom stereocenters. The Morgan fingerprint density at radius 1 is 1.20 bits per heavy atom. The van der Waals surface area contributed by atoms with Crippen molar-refractivity contribution < 1.29 is 24.3 Å². The Balaban J connectivity index is 1.85. The quantitative estimate of drug-likeness (QED) is 0.674. The van der Waals surface area contributed by atoms with Crippen LogP contribution in [0, 0.1) is 0 Å². The van der Waals surface area contributed by atoms with Crippen LogP contribution in [0.25, 0.3) is 0 Å². The first-order valence-corrected chi connectivity index (χ1v) is 6.10. The van der Waals surface area contributed by atoms with Crippen LogP contribution >= 0.6 is 0 Å². The molecule has 20 heavy (non-hydrogen) atoms. The second-order valence-corrected chi connectivity index (χ2v) is 4.20. The van der Waals surface area contributed by atoms with E-state index in [2.05, 4.69) is 0 Å². The summed E-state index contributed by atoms with van der Waals surface area (Å²) in [4.78, 5) is 10.5. The predicted molar refractivity (Wildman–Crippen MR) is 70.8 cm³/mol. The average molecular weight is 277 g/mol. The van der Waals surface area contributed by atoms with E-state index in [0.717, 1.165) is 5.56 Å². The normalized spacial score (nSPS) is 10.2. The molecule has 2 aromatic rings. The number of furan rings is 1. The van der Waals surface area contributed by atoms with Crippen molar-refractivity contribution in [1.82, 2.24) is 0 Å². The molecule has 3 N–H and O–H groups in total. The molecule has 1 heterocycles. The summed E-state index contributed by atoms with van der Waals surface area (Å²) >= 11 is 0. The fourth-order valence-electron chi connectivity index (χ4n) is 1.67. The molecule has 0 radical (unpaired) electrons. The largest absolute Gasteiger partial charge is 0.486 e. The number of hydrogen-bond donors (Lipinski definition) is 3. The zero-order valence-corrected chi connectivity index (χ0v) is 10.7. The molecule has 0 bridgehead atoms. The lowest BCUT2D eigenvalue weighted by molar-refractivity contribution is -0.136. The average Bonchev–Trinajstić information content (AvgIpc) is 2.92. The maximum Gasteiger partial charge on any atom is 0.303 e. The number of aryl methyl sites for hydroxylation is 1. The summed E-state index contributed by atoms with van der Waals surface area (Å²) in [5.74, 6) is 0.694. The molecule has 0 spiro atoms. The molecule has 1 aromatic carbocycles. The van der Waals surface area contributed by atoms with Gasteiger partial charge in [0.15, 0.2) is 0 Å². The molecular weight excluding hydrogens is 262 g/mol. The lowest BCUT2D eigenvalue weighted by Crippen LogP contribution is -1.98. The van der Waals surface area contributed by atoms with E-state index in [1.54, 1.807) is 24.3 Å². The second-order valence-electron chi connectivity index (χ2n) is 4.20. The summed E-state index contributed by atoms with van der Waals surface area (Å²) in [7, 11) is 0. The molecule has 0 atom stereocenters. The van der Waals surface area contributed by atoms with Crippen LogP contribution in [0.2, 0.25) is 0 Å². The van der Waals surface area contributed by atoms with E-state index in [1.165, 1.54) is 0 Å². The van der Waals surface area contributed by atoms with E-state index < -0.39 is 5.97 Å². The number of aliphatic carboxylic acids is 1. The molecule has 0 saturated heterocycles. The smallest absolute Gasteiger partial charge is 0.303 e. The van der Waals surface area contributed by atoms with Gasteiger partial charge in [0, 0.05) is 12.5 Å². The van der Waals surface area contributed by atoms with Gasteiger partial charge in [0.05, 0.1) is 0 Å². The van der Waals surface area contributed by atoms with Crippen LogP contribution in [0.1, 0.15) is 17.7 Å². The van der Waals surface area contributed by atoms with Gasteiger partial charge in [-0.05, 0) is 30.2 Å². The second kappa shape index (κ2) is 6.63. The Bertz CT molecular complexity index is 561. The maximum atomic E-state index is 10.5. The molecule has 0 aliphatic heterocycles. The zero-order chi connectivity index (χ0) is 14.4. The number of nitrogens with one attached hydrogen (secondary N) is 1. The minimum Gasteiger partial charge on any atom is -0.486 e. The molecular formula is C14H15NO5. The summed E-state index contributed by atoms with van der Waals surface area (Å²) in [5, 5.41) is 17.2. The fraction of sp³-hybridized carbons (Fsp3) is 0.214. The number of rotatable bonds is 7. The van der Waals surface area contributed by atoms with Gasteiger partial charge in [-0.15, -0.1) is 0 Å². The standard InChI is InChI=1S/C14H15NO5/c16-14(17)8-3-10-1-4-11(5-2-10)19-9-12-6-7-13(15-18)20-12/h1-2,4-7,15,18H,3,8-9H2,(H,16,17). The van der Waals surface area contributed by atoms with Crippen LogP contribution in [0.4, 0.5) is 5.88 Å². The molecule has 0 aliphatic rings. The van der Waals surface area contributed by atoms with Crippen LogP contribution in [0.5, 0.6) is 5.75 Å². The number of carboxylic acid groups (broad SMARTS) is 1. The maximum absolute atomic E-state index is 10.5. The number of anilines is 1. The van der Waals surface area contributed by atoms with E-state index in [4.69, 9.17) is 19.5 Å². The van der Waals surface area contributed by atoms with E-state index in [0.29, 0.717) is 17.9 Å². The zero-order valence-electron chi connectivity index (χ0n) is 10.7. The number of hydrogen-bond acceptors (Lipinski definition) is 5. The van der Waals surface area contributed by atoms with Gasteiger partial charge in [-0.3, -0.25) is 10.0 Å². The number of ether oxygens (including phenoxy) is 1. The number of benzene rings is 1. The lowest BCUT2D eigenvalue weighted by atomic mass is 10.1. The molecule has 0 aliphatic carbocycles. The Morgan fingerprint density at radius 2 is 1.95 bits per heavy atom. The summed E-state index contributed by atoms with van der Waals surface area (Å²) in [6.45, 7) is 0.246. The summed E-state index contributed by atoms with van der Waals surface area (Å²) in [5.41, 5.74) is 2.85. The van der Waals surface area contributed by atoms with Crippen LogP contribution in [-0.2, 0) is 17.8 Å². The van der Waals surface area contributed by atoms with Crippen LogP contribution in [-0.4, -0.2) is 16.3 Å². The van der Waals surface area contributed by atoms with Gasteiger partial charge in [-0.25, -0.2) is 5.48 Å². The van der Waals surface area contributed by atoms with Crippen molar-refractivity contribution in [2.45, 2.75) is 19.4 Å². The van der Waals surface area contributed by atoms with Crippen LogP contribution in [0.3, 0.4) is 0 Å². The molecule has 6 heteroatoms. The molecule has 2 rings (SSSR count). The summed E-state index contributed by atoms with van der Waals surface area (Å²) in [6.07, 6.45) is 0.614. The molecule has 106 valence electrons. The molecule has 0 saturated carbocycles. The van der Waals surface area contributed by atoms with Gasteiger partial charge in [0.25, 0.3) is 0 Å². The first-order valence-electron chi connectivity index (χ1n) is 6.10. The van der Waals surface area contributed by atoms with Gasteiger partial charge >= 0.3 is 5.97 Å². The third-order valence-electron chi connectivity index (χ3n) is 2.70. The highest BCUT2D eigenvalue weighted by Crippen LogP contribution is 2.17. The van der Waals surface area contributed by atoms with E-state index in [-0.39, 0.29) is 18.9 Å². The molecule has 0 amide bonds. The van der Waals surface area contributed by atoms with Crippen molar-refractivity contribution in [1.29, 1.82) is 0 Å². The highest BCUT2D eigenvalue weighted by Gasteiger charge is 2.03. The Hall–Kier alpha value is -2.47. The van der Waals surface area contributed by atoms with Crippen molar-refractivity contribution in [2.24, 2.45) is 0 Å². The topological polar surface area (TPSA) is 91.9 Å². The number of carbonyl (C=O) groups is 1. The predicted octanol–water partition coefficient (Wildman–Crippen LogP) is 2.68. The highest BCUT2D eigenvalue weighted by molar-refractivity contribution is 5.67. The summed E-state index contributed by atoms with van der Waals surface area (Å²) in [6, 6.07) is 10.5. The van der Waals surface area contributed by atoms with Gasteiger partial charge in [0.2, 0.25) is 5.88 Å². The van der Waals surface area contributed by atoms with Crippen molar-refractivity contribution in [2.75, 3.05) is 5.48 Å². The van der Waals surface area contributed by atoms with Gasteiger partial charge in [-0.2, -0.15) is 0 Å².